The van der Waals surface area contributed by atoms with Gasteiger partial charge in [0.15, 0.2) is 0 Å². The molecule has 0 heterocycles. The summed E-state index contributed by atoms with van der Waals surface area (Å²) in [5.41, 5.74) is 0. The molecule has 0 fully saturated rings. The van der Waals surface area contributed by atoms with Crippen LogP contribution in [0.2, 0.25) is 0 Å². The summed E-state index contributed by atoms with van der Waals surface area (Å²) in [6, 6.07) is 0. The predicted octanol–water partition coefficient (Wildman–Crippen LogP) is -2.50. The van der Waals surface area contributed by atoms with Crippen molar-refractivity contribution < 1.29 is 33.7 Å². The quantitative estimate of drug-likeness (QED) is 0.518. The first kappa shape index (κ1) is 15.8. The fraction of sp³-hybridized carbons (Fsp3) is 1.00. The zero-order chi connectivity index (χ0) is 13.6. The van der Waals surface area contributed by atoms with E-state index in [9.17, 15) is 33.7 Å². The molecule has 0 unspecified atom stereocenters. The third-order valence-electron chi connectivity index (χ3n) is 1.11. The lowest BCUT2D eigenvalue weighted by Crippen LogP contribution is -2.43. The summed E-state index contributed by atoms with van der Waals surface area (Å²) in [5.74, 6) is 0. The van der Waals surface area contributed by atoms with Gasteiger partial charge in [-0.05, 0) is 0 Å². The van der Waals surface area contributed by atoms with E-state index in [2.05, 4.69) is 0 Å². The number of rotatable bonds is 4. The van der Waals surface area contributed by atoms with Gasteiger partial charge in [0.05, 0.1) is 18.8 Å². The monoisotopic (exact) mass is 315 g/mol. The van der Waals surface area contributed by atoms with Crippen molar-refractivity contribution in [3.8, 4) is 0 Å². The summed E-state index contributed by atoms with van der Waals surface area (Å²) < 4.78 is 87.0. The maximum atomic E-state index is 11.2. The van der Waals surface area contributed by atoms with Gasteiger partial charge in [-0.25, -0.2) is 25.3 Å². The standard InChI is InChI=1S/C3H9NO8S4/c1-13(5,6)4(14(2,7)8)16(11,12)15(3,9)10/h1-3H3. The summed E-state index contributed by atoms with van der Waals surface area (Å²) in [6.07, 6.45) is 0.708. The van der Waals surface area contributed by atoms with E-state index in [1.165, 1.54) is 0 Å². The van der Waals surface area contributed by atoms with Crippen molar-refractivity contribution in [3.63, 3.8) is 0 Å². The van der Waals surface area contributed by atoms with E-state index in [1.807, 2.05) is 0 Å². The Morgan fingerprint density at radius 2 is 0.875 bits per heavy atom. The van der Waals surface area contributed by atoms with E-state index in [1.54, 1.807) is 0 Å². The zero-order valence-corrected chi connectivity index (χ0v) is 11.6. The second-order valence-corrected chi connectivity index (χ2v) is 12.9. The highest BCUT2D eigenvalue weighted by atomic mass is 33.2. The molecule has 0 amide bonds. The van der Waals surface area contributed by atoms with Crippen LogP contribution >= 0.6 is 0 Å². The molecule has 0 aliphatic heterocycles. The molecular formula is C3H9NO8S4. The maximum Gasteiger partial charge on any atom is 0.346 e. The summed E-state index contributed by atoms with van der Waals surface area (Å²) in [6.45, 7) is 0. The van der Waals surface area contributed by atoms with Crippen LogP contribution in [0.25, 0.3) is 0 Å². The van der Waals surface area contributed by atoms with Crippen molar-refractivity contribution >= 4 is 38.0 Å². The van der Waals surface area contributed by atoms with Crippen molar-refractivity contribution in [2.75, 3.05) is 18.8 Å². The Kier molecular flexibility index (Phi) is 3.84. The predicted molar refractivity (Wildman–Crippen MR) is 55.3 cm³/mol. The highest BCUT2D eigenvalue weighted by Crippen LogP contribution is 2.17. The van der Waals surface area contributed by atoms with Gasteiger partial charge in [0, 0.05) is 3.12 Å². The second-order valence-electron chi connectivity index (χ2n) is 2.82. The Labute approximate surface area is 93.5 Å². The lowest BCUT2D eigenvalue weighted by atomic mass is 12.0. The molecule has 0 aliphatic carbocycles. The van der Waals surface area contributed by atoms with E-state index in [0.717, 1.165) is 0 Å². The molecule has 0 bridgehead atoms. The van der Waals surface area contributed by atoms with Crippen molar-refractivity contribution in [2.24, 2.45) is 0 Å². The Morgan fingerprint density at radius 3 is 0.938 bits per heavy atom. The summed E-state index contributed by atoms with van der Waals surface area (Å²) in [4.78, 5) is 0. The van der Waals surface area contributed by atoms with Crippen LogP contribution in [0.1, 0.15) is 0 Å². The summed E-state index contributed by atoms with van der Waals surface area (Å²) in [5, 5.41) is 0. The molecule has 13 heteroatoms. The van der Waals surface area contributed by atoms with Gasteiger partial charge in [-0.2, -0.15) is 8.42 Å². The lowest BCUT2D eigenvalue weighted by Gasteiger charge is -2.15. The third-order valence-corrected chi connectivity index (χ3v) is 11.1. The number of nitrogens with zero attached hydrogens (tertiary/aromatic N) is 1. The van der Waals surface area contributed by atoms with Gasteiger partial charge in [-0.15, -0.1) is 0 Å². The zero-order valence-electron chi connectivity index (χ0n) is 8.35. The van der Waals surface area contributed by atoms with Crippen molar-refractivity contribution in [2.45, 2.75) is 0 Å². The Balaban J connectivity index is 6.46. The van der Waals surface area contributed by atoms with Gasteiger partial charge in [-0.1, -0.05) is 0 Å². The molecule has 0 radical (unpaired) electrons. The lowest BCUT2D eigenvalue weighted by molar-refractivity contribution is 0.536. The minimum atomic E-state index is -5.52. The van der Waals surface area contributed by atoms with Gasteiger partial charge in [-0.3, -0.25) is 0 Å². The first-order valence-corrected chi connectivity index (χ1v) is 10.8. The molecule has 98 valence electrons. The van der Waals surface area contributed by atoms with E-state index in [-0.39, 0.29) is 18.8 Å². The van der Waals surface area contributed by atoms with Crippen LogP contribution in [0.15, 0.2) is 0 Å². The smallest absolute Gasteiger partial charge is 0.211 e. The van der Waals surface area contributed by atoms with Gasteiger partial charge >= 0.3 is 9.06 Å². The van der Waals surface area contributed by atoms with E-state index in [0.29, 0.717) is 0 Å². The molecule has 0 rings (SSSR count). The van der Waals surface area contributed by atoms with Crippen LogP contribution < -0.4 is 0 Å². The fourth-order valence-corrected chi connectivity index (χ4v) is 10.2. The van der Waals surface area contributed by atoms with Crippen LogP contribution in [-0.4, -0.2) is 55.6 Å². The Bertz CT molecular complexity index is 644. The molecule has 9 nitrogen and oxygen atoms in total. The van der Waals surface area contributed by atoms with Crippen LogP contribution in [0.5, 0.6) is 0 Å². The maximum absolute atomic E-state index is 11.2. The van der Waals surface area contributed by atoms with Crippen molar-refractivity contribution in [1.82, 2.24) is 3.12 Å². The van der Waals surface area contributed by atoms with E-state index < -0.39 is 41.1 Å². The molecule has 0 N–H and O–H groups in total. The van der Waals surface area contributed by atoms with Gasteiger partial charge in [0.25, 0.3) is 8.87 Å². The minimum Gasteiger partial charge on any atom is -0.211 e. The highest BCUT2D eigenvalue weighted by Gasteiger charge is 2.45. The first-order valence-electron chi connectivity index (χ1n) is 3.27. The van der Waals surface area contributed by atoms with Crippen molar-refractivity contribution in [3.05, 3.63) is 0 Å². The molecule has 0 atom stereocenters. The fourth-order valence-electron chi connectivity index (χ4n) is 0.688. The number of hydrogen-bond donors (Lipinski definition) is 0. The highest BCUT2D eigenvalue weighted by molar-refractivity contribution is 8.68. The molecule has 0 spiro atoms. The molecule has 16 heavy (non-hydrogen) atoms. The molecule has 0 aromatic rings. The van der Waals surface area contributed by atoms with Gasteiger partial charge < -0.3 is 0 Å². The number of hydrogen-bond acceptors (Lipinski definition) is 8. The largest absolute Gasteiger partial charge is 0.346 e. The van der Waals surface area contributed by atoms with Crippen LogP contribution in [-0.2, 0) is 38.0 Å². The Morgan fingerprint density at radius 1 is 0.625 bits per heavy atom. The molecule has 0 aromatic heterocycles. The van der Waals surface area contributed by atoms with E-state index >= 15 is 0 Å². The van der Waals surface area contributed by atoms with Crippen LogP contribution in [0.4, 0.5) is 0 Å². The van der Waals surface area contributed by atoms with E-state index in [4.69, 9.17) is 0 Å². The minimum absolute atomic E-state index is 0.186. The topological polar surface area (TPSA) is 140 Å². The second kappa shape index (κ2) is 3.90. The summed E-state index contributed by atoms with van der Waals surface area (Å²) in [7, 11) is -20.0. The van der Waals surface area contributed by atoms with Gasteiger partial charge in [0.2, 0.25) is 20.0 Å². The van der Waals surface area contributed by atoms with Crippen LogP contribution in [0.3, 0.4) is 0 Å². The molecule has 0 aromatic carbocycles. The molecule has 0 saturated heterocycles. The van der Waals surface area contributed by atoms with Crippen LogP contribution in [0, 0.1) is 0 Å². The number of sulfonamides is 2. The van der Waals surface area contributed by atoms with Crippen molar-refractivity contribution in [1.29, 1.82) is 0 Å². The normalized spacial score (nSPS) is 15.2. The summed E-state index contributed by atoms with van der Waals surface area (Å²) >= 11 is 0. The van der Waals surface area contributed by atoms with Gasteiger partial charge in [0.1, 0.15) is 0 Å². The SMILES string of the molecule is CS(=O)(=O)N(S(C)(=O)=O)S(=O)(=O)S(C)(=O)=O. The molecule has 0 aliphatic rings. The Hall–Kier alpha value is -0.240. The molecule has 0 saturated carbocycles. The third kappa shape index (κ3) is 3.13. The average Bonchev–Trinajstić information content (AvgIpc) is 1.72. The molecular weight excluding hydrogens is 306 g/mol. The first-order chi connectivity index (χ1) is 6.62. The average molecular weight is 315 g/mol.